The number of phosphoric ester groups is 1. The average Bonchev–Trinajstić information content (AvgIpc) is 3.30. The minimum atomic E-state index is -4.40. The van der Waals surface area contributed by atoms with Gasteiger partial charge in [-0.1, -0.05) is 187 Å². The van der Waals surface area contributed by atoms with Gasteiger partial charge in [-0.2, -0.15) is 0 Å². The number of likely N-dealkylation sites (N-methyl/N-ethyl adjacent to an activating group) is 1. The van der Waals surface area contributed by atoms with Crippen LogP contribution in [0.25, 0.3) is 0 Å². The molecule has 0 bridgehead atoms. The summed E-state index contributed by atoms with van der Waals surface area (Å²) in [4.78, 5) is 35.6. The third-order valence-corrected chi connectivity index (χ3v) is 11.5. The Bertz CT molecular complexity index is 1560. The fourth-order valence-electron chi connectivity index (χ4n) is 6.48. The van der Waals surface area contributed by atoms with E-state index in [-0.39, 0.29) is 26.1 Å². The van der Waals surface area contributed by atoms with Crippen molar-refractivity contribution in [2.75, 3.05) is 47.5 Å². The van der Waals surface area contributed by atoms with Gasteiger partial charge >= 0.3 is 19.8 Å². The Morgan fingerprint density at radius 2 is 0.794 bits per heavy atom. The van der Waals surface area contributed by atoms with Crippen LogP contribution >= 0.6 is 7.82 Å². The molecule has 0 heterocycles. The lowest BCUT2D eigenvalue weighted by Gasteiger charge is -2.24. The largest absolute Gasteiger partial charge is 0.472 e. The van der Waals surface area contributed by atoms with Gasteiger partial charge in [0.2, 0.25) is 0 Å². The molecule has 0 aromatic rings. The van der Waals surface area contributed by atoms with Crippen LogP contribution in [0.2, 0.25) is 0 Å². The van der Waals surface area contributed by atoms with Crippen LogP contribution in [0.4, 0.5) is 0 Å². The van der Waals surface area contributed by atoms with E-state index in [1.165, 1.54) is 19.3 Å². The average molecular weight is 967 g/mol. The third kappa shape index (κ3) is 51.8. The molecule has 0 radical (unpaired) electrons. The Balaban J connectivity index is 4.34. The highest BCUT2D eigenvalue weighted by atomic mass is 31.2. The maximum Gasteiger partial charge on any atom is 0.472 e. The third-order valence-electron chi connectivity index (χ3n) is 10.5. The Kier molecular flexibility index (Phi) is 45.9. The number of quaternary nitrogens is 1. The number of hydrogen-bond donors (Lipinski definition) is 1. The van der Waals surface area contributed by atoms with E-state index in [4.69, 9.17) is 18.5 Å². The monoisotopic (exact) mass is 967 g/mol. The van der Waals surface area contributed by atoms with Gasteiger partial charge < -0.3 is 18.9 Å². The van der Waals surface area contributed by atoms with Crippen LogP contribution in [-0.2, 0) is 32.7 Å². The van der Waals surface area contributed by atoms with Crippen LogP contribution in [-0.4, -0.2) is 74.9 Å². The first-order valence-corrected chi connectivity index (χ1v) is 27.8. The number of phosphoric acid groups is 1. The molecule has 0 saturated heterocycles. The van der Waals surface area contributed by atoms with Crippen LogP contribution in [0.3, 0.4) is 0 Å². The second-order valence-electron chi connectivity index (χ2n) is 18.1. The Morgan fingerprint density at radius 3 is 1.18 bits per heavy atom. The van der Waals surface area contributed by atoms with Crippen LogP contribution < -0.4 is 0 Å². The summed E-state index contributed by atoms with van der Waals surface area (Å²) in [6.45, 7) is 4.14. The number of esters is 2. The zero-order valence-corrected chi connectivity index (χ0v) is 44.4. The molecule has 0 saturated carbocycles. The highest BCUT2D eigenvalue weighted by Crippen LogP contribution is 2.43. The molecule has 0 aromatic heterocycles. The lowest BCUT2D eigenvalue weighted by atomic mass is 10.1. The first-order valence-electron chi connectivity index (χ1n) is 26.3. The van der Waals surface area contributed by atoms with Crippen molar-refractivity contribution in [1.82, 2.24) is 0 Å². The molecule has 10 heteroatoms. The molecule has 0 aliphatic carbocycles. The fraction of sp³-hybridized carbons (Fsp3) is 0.621. The highest BCUT2D eigenvalue weighted by molar-refractivity contribution is 7.47. The molecule has 0 fully saturated rings. The van der Waals surface area contributed by atoms with Gasteiger partial charge in [0.25, 0.3) is 0 Å². The Morgan fingerprint density at radius 1 is 0.456 bits per heavy atom. The zero-order chi connectivity index (χ0) is 49.9. The van der Waals surface area contributed by atoms with E-state index >= 15 is 0 Å². The minimum absolute atomic E-state index is 0.0183. The molecule has 0 amide bonds. The second-order valence-corrected chi connectivity index (χ2v) is 19.6. The van der Waals surface area contributed by atoms with Crippen molar-refractivity contribution in [1.29, 1.82) is 0 Å². The van der Waals surface area contributed by atoms with Crippen LogP contribution in [0.15, 0.2) is 122 Å². The van der Waals surface area contributed by atoms with E-state index in [1.54, 1.807) is 0 Å². The first kappa shape index (κ1) is 64.4. The topological polar surface area (TPSA) is 108 Å². The number of carbonyl (C=O) groups excluding carboxylic acids is 2. The molecule has 0 rings (SSSR count). The van der Waals surface area contributed by atoms with Crippen molar-refractivity contribution in [2.24, 2.45) is 0 Å². The maximum absolute atomic E-state index is 12.8. The SMILES string of the molecule is CC/C=C\C/C=C\C/C=C\C/C=C\C/C=C\CCCCCCCCCC(=O)OC(COC(=O)CCCCCCC/C=C\C/C=C\C/C=C\C/C=C\C/C=C\CC)COP(=O)(O)OCC[N+](C)(C)C. The van der Waals surface area contributed by atoms with E-state index in [9.17, 15) is 19.0 Å². The molecule has 0 aliphatic rings. The molecule has 2 atom stereocenters. The van der Waals surface area contributed by atoms with Crippen molar-refractivity contribution < 1.29 is 42.1 Å². The van der Waals surface area contributed by atoms with Gasteiger partial charge in [0.05, 0.1) is 27.7 Å². The molecule has 2 unspecified atom stereocenters. The van der Waals surface area contributed by atoms with Crippen LogP contribution in [0, 0.1) is 0 Å². The summed E-state index contributed by atoms with van der Waals surface area (Å²) in [6.07, 6.45) is 68.2. The van der Waals surface area contributed by atoms with E-state index in [1.807, 2.05) is 21.1 Å². The zero-order valence-electron chi connectivity index (χ0n) is 43.5. The van der Waals surface area contributed by atoms with Gasteiger partial charge in [-0.3, -0.25) is 18.6 Å². The fourth-order valence-corrected chi connectivity index (χ4v) is 7.22. The Hall–Kier alpha value is -3.59. The first-order chi connectivity index (χ1) is 33.0. The number of allylic oxidation sites excluding steroid dienone is 20. The molecular formula is C58H97NO8P+. The molecule has 0 aliphatic heterocycles. The smallest absolute Gasteiger partial charge is 0.462 e. The van der Waals surface area contributed by atoms with Gasteiger partial charge in [-0.15, -0.1) is 0 Å². The lowest BCUT2D eigenvalue weighted by Crippen LogP contribution is -2.37. The normalized spacial score (nSPS) is 14.4. The van der Waals surface area contributed by atoms with Crippen molar-refractivity contribution >= 4 is 19.8 Å². The van der Waals surface area contributed by atoms with Gasteiger partial charge in [0.1, 0.15) is 19.8 Å². The summed E-state index contributed by atoms with van der Waals surface area (Å²) < 4.78 is 34.5. The maximum atomic E-state index is 12.8. The molecular weight excluding hydrogens is 870 g/mol. The number of ether oxygens (including phenoxy) is 2. The van der Waals surface area contributed by atoms with E-state index in [0.717, 1.165) is 122 Å². The summed E-state index contributed by atoms with van der Waals surface area (Å²) in [7, 11) is 1.43. The van der Waals surface area contributed by atoms with Crippen molar-refractivity contribution in [3.8, 4) is 0 Å². The summed E-state index contributed by atoms with van der Waals surface area (Å²) in [6, 6.07) is 0. The second kappa shape index (κ2) is 48.4. The van der Waals surface area contributed by atoms with Crippen molar-refractivity contribution in [3.05, 3.63) is 122 Å². The standard InChI is InChI=1S/C58H96NO8P/c1-6-8-10-12-14-16-18-20-22-24-26-28-29-31-33-35-37-39-41-43-45-47-49-51-58(61)67-56(55-66-68(62,63)65-53-52-59(3,4)5)54-64-57(60)50-48-46-44-42-40-38-36-34-32-30-27-25-23-21-19-17-15-13-11-9-7-2/h8-11,14-17,20-23,26-28,30-31,33-34,36,56H,6-7,12-13,18-19,24-25,29,32,35,37-55H2,1-5H3/p+1/b10-8-,11-9-,16-14-,17-15-,22-20-,23-21-,28-26-,30-27-,33-31-,36-34-. The molecule has 9 nitrogen and oxygen atoms in total. The van der Waals surface area contributed by atoms with Gasteiger partial charge in [-0.05, 0) is 103 Å². The predicted molar refractivity (Wildman–Crippen MR) is 288 cm³/mol. The van der Waals surface area contributed by atoms with Gasteiger partial charge in [0.15, 0.2) is 6.10 Å². The molecule has 68 heavy (non-hydrogen) atoms. The molecule has 0 spiro atoms. The Labute approximate surface area is 416 Å². The summed E-state index contributed by atoms with van der Waals surface area (Å²) in [5.74, 6) is -0.843. The number of hydrogen-bond acceptors (Lipinski definition) is 7. The number of unbranched alkanes of at least 4 members (excludes halogenated alkanes) is 12. The molecule has 0 aromatic carbocycles. The minimum Gasteiger partial charge on any atom is -0.462 e. The summed E-state index contributed by atoms with van der Waals surface area (Å²) in [5, 5.41) is 0. The van der Waals surface area contributed by atoms with Crippen LogP contribution in [0.1, 0.15) is 181 Å². The highest BCUT2D eigenvalue weighted by Gasteiger charge is 2.27. The van der Waals surface area contributed by atoms with Gasteiger partial charge in [-0.25, -0.2) is 4.57 Å². The lowest BCUT2D eigenvalue weighted by molar-refractivity contribution is -0.870. The van der Waals surface area contributed by atoms with Gasteiger partial charge in [0, 0.05) is 12.8 Å². The van der Waals surface area contributed by atoms with E-state index in [0.29, 0.717) is 23.9 Å². The number of nitrogens with zero attached hydrogens (tertiary/aromatic N) is 1. The predicted octanol–water partition coefficient (Wildman–Crippen LogP) is 16.0. The summed E-state index contributed by atoms with van der Waals surface area (Å²) >= 11 is 0. The van der Waals surface area contributed by atoms with Crippen LogP contribution in [0.5, 0.6) is 0 Å². The molecule has 386 valence electrons. The van der Waals surface area contributed by atoms with Crippen molar-refractivity contribution in [2.45, 2.75) is 187 Å². The molecule has 1 N–H and O–H groups in total. The van der Waals surface area contributed by atoms with E-state index < -0.39 is 32.5 Å². The number of carbonyl (C=O) groups is 2. The summed E-state index contributed by atoms with van der Waals surface area (Å²) in [5.41, 5.74) is 0. The quantitative estimate of drug-likeness (QED) is 0.0211. The van der Waals surface area contributed by atoms with E-state index in [2.05, 4.69) is 135 Å². The van der Waals surface area contributed by atoms with Crippen molar-refractivity contribution in [3.63, 3.8) is 0 Å². The number of rotatable bonds is 46.